The molecule has 0 bridgehead atoms. The van der Waals surface area contributed by atoms with E-state index in [9.17, 15) is 4.79 Å². The van der Waals surface area contributed by atoms with E-state index in [-0.39, 0.29) is 11.7 Å². The van der Waals surface area contributed by atoms with Crippen LogP contribution in [0.25, 0.3) is 22.4 Å². The lowest BCUT2D eigenvalue weighted by molar-refractivity contribution is 0.0937. The van der Waals surface area contributed by atoms with Crippen molar-refractivity contribution in [3.8, 4) is 11.5 Å². The van der Waals surface area contributed by atoms with E-state index in [4.69, 9.17) is 14.1 Å². The van der Waals surface area contributed by atoms with Crippen molar-refractivity contribution in [1.82, 2.24) is 14.5 Å². The summed E-state index contributed by atoms with van der Waals surface area (Å²) in [5, 5.41) is 1.32. The molecule has 1 saturated heterocycles. The van der Waals surface area contributed by atoms with Crippen molar-refractivity contribution in [2.75, 3.05) is 6.61 Å². The molecule has 0 spiro atoms. The summed E-state index contributed by atoms with van der Waals surface area (Å²) in [4.78, 5) is 22.7. The van der Waals surface area contributed by atoms with Gasteiger partial charge in [-0.3, -0.25) is 9.36 Å². The largest absolute Gasteiger partial charge is 0.441 e. The van der Waals surface area contributed by atoms with Gasteiger partial charge in [0, 0.05) is 17.9 Å². The number of rotatable bonds is 6. The Morgan fingerprint density at radius 2 is 1.90 bits per heavy atom. The Balaban J connectivity index is 1.46. The third kappa shape index (κ3) is 4.16. The molecule has 158 valence electrons. The van der Waals surface area contributed by atoms with Crippen LogP contribution in [0.2, 0.25) is 0 Å². The summed E-state index contributed by atoms with van der Waals surface area (Å²) in [6, 6.07) is 17.3. The van der Waals surface area contributed by atoms with Crippen LogP contribution in [0.5, 0.6) is 0 Å². The maximum absolute atomic E-state index is 13.2. The van der Waals surface area contributed by atoms with Gasteiger partial charge in [0.1, 0.15) is 5.76 Å². The number of hydrogen-bond donors (Lipinski definition) is 0. The van der Waals surface area contributed by atoms with Gasteiger partial charge in [-0.15, -0.1) is 0 Å². The van der Waals surface area contributed by atoms with Gasteiger partial charge >= 0.3 is 0 Å². The van der Waals surface area contributed by atoms with E-state index >= 15 is 0 Å². The number of ether oxygens (including phenoxy) is 1. The van der Waals surface area contributed by atoms with E-state index in [0.29, 0.717) is 34.2 Å². The lowest BCUT2D eigenvalue weighted by Gasteiger charge is -2.16. The van der Waals surface area contributed by atoms with Gasteiger partial charge in [-0.2, -0.15) is 0 Å². The van der Waals surface area contributed by atoms with Gasteiger partial charge in [-0.05, 0) is 44.0 Å². The number of para-hydroxylation sites is 1. The first-order valence-electron chi connectivity index (χ1n) is 10.4. The third-order valence-electron chi connectivity index (χ3n) is 5.49. The minimum absolute atomic E-state index is 0.0227. The molecular weight excluding hydrogens is 410 g/mol. The molecule has 0 radical (unpaired) electrons. The molecule has 2 aromatic heterocycles. The molecule has 0 amide bonds. The van der Waals surface area contributed by atoms with Gasteiger partial charge in [0.15, 0.2) is 5.16 Å². The fraction of sp³-hybridized carbons (Fsp3) is 0.292. The van der Waals surface area contributed by atoms with Crippen LogP contribution in [0, 0.1) is 6.92 Å². The van der Waals surface area contributed by atoms with Crippen LogP contribution in [0.15, 0.2) is 69.0 Å². The Bertz CT molecular complexity index is 1260. The predicted molar refractivity (Wildman–Crippen MR) is 121 cm³/mol. The first kappa shape index (κ1) is 20.0. The number of fused-ring (bicyclic) bond motifs is 1. The van der Waals surface area contributed by atoms with Gasteiger partial charge in [0.25, 0.3) is 5.56 Å². The highest BCUT2D eigenvalue weighted by Crippen LogP contribution is 2.28. The summed E-state index contributed by atoms with van der Waals surface area (Å²) < 4.78 is 13.4. The van der Waals surface area contributed by atoms with Gasteiger partial charge in [-0.1, -0.05) is 42.1 Å². The second-order valence-electron chi connectivity index (χ2n) is 7.64. The molecule has 1 aliphatic heterocycles. The van der Waals surface area contributed by atoms with Gasteiger partial charge in [0.2, 0.25) is 5.89 Å². The summed E-state index contributed by atoms with van der Waals surface area (Å²) in [6.07, 6.45) is 2.05. The molecule has 5 rings (SSSR count). The van der Waals surface area contributed by atoms with E-state index in [1.807, 2.05) is 61.5 Å². The van der Waals surface area contributed by atoms with Crippen LogP contribution in [0.4, 0.5) is 0 Å². The van der Waals surface area contributed by atoms with E-state index in [2.05, 4.69) is 4.98 Å². The minimum Gasteiger partial charge on any atom is -0.441 e. The monoisotopic (exact) mass is 433 g/mol. The van der Waals surface area contributed by atoms with Crippen LogP contribution in [-0.2, 0) is 17.0 Å². The predicted octanol–water partition coefficient (Wildman–Crippen LogP) is 4.83. The Morgan fingerprint density at radius 1 is 1.10 bits per heavy atom. The molecule has 1 fully saturated rings. The third-order valence-corrected chi connectivity index (χ3v) is 6.48. The van der Waals surface area contributed by atoms with E-state index in [1.165, 1.54) is 11.8 Å². The average molecular weight is 434 g/mol. The summed E-state index contributed by atoms with van der Waals surface area (Å²) in [7, 11) is 0. The van der Waals surface area contributed by atoms with Gasteiger partial charge < -0.3 is 9.15 Å². The molecule has 6 nitrogen and oxygen atoms in total. The molecule has 0 aliphatic carbocycles. The zero-order chi connectivity index (χ0) is 21.2. The normalized spacial score (nSPS) is 16.2. The molecule has 0 N–H and O–H groups in total. The zero-order valence-corrected chi connectivity index (χ0v) is 18.1. The number of oxazole rings is 1. The smallest absolute Gasteiger partial charge is 0.262 e. The fourth-order valence-electron chi connectivity index (χ4n) is 3.81. The molecule has 31 heavy (non-hydrogen) atoms. The van der Waals surface area contributed by atoms with E-state index < -0.39 is 0 Å². The Kier molecular flexibility index (Phi) is 5.61. The molecule has 7 heteroatoms. The lowest BCUT2D eigenvalue weighted by Crippen LogP contribution is -2.28. The molecule has 1 atom stereocenters. The number of aromatic nitrogens is 3. The first-order valence-corrected chi connectivity index (χ1v) is 11.4. The molecule has 4 aromatic rings. The van der Waals surface area contributed by atoms with Gasteiger partial charge in [-0.25, -0.2) is 9.97 Å². The van der Waals surface area contributed by atoms with Crippen molar-refractivity contribution in [3.63, 3.8) is 0 Å². The Morgan fingerprint density at radius 3 is 2.71 bits per heavy atom. The van der Waals surface area contributed by atoms with Gasteiger partial charge in [0.05, 0.1) is 29.2 Å². The highest BCUT2D eigenvalue weighted by atomic mass is 32.2. The summed E-state index contributed by atoms with van der Waals surface area (Å²) in [6.45, 7) is 3.19. The topological polar surface area (TPSA) is 70.2 Å². The first-order chi connectivity index (χ1) is 15.2. The molecule has 2 aromatic carbocycles. The van der Waals surface area contributed by atoms with Crippen LogP contribution in [-0.4, -0.2) is 27.2 Å². The number of thioether (sulfide) groups is 1. The number of aryl methyl sites for hydroxylation is 1. The summed E-state index contributed by atoms with van der Waals surface area (Å²) in [5.74, 6) is 1.95. The second-order valence-corrected chi connectivity index (χ2v) is 8.58. The molecule has 1 aliphatic rings. The molecule has 0 saturated carbocycles. The Hall–Kier alpha value is -2.90. The van der Waals surface area contributed by atoms with Crippen LogP contribution >= 0.6 is 11.8 Å². The van der Waals surface area contributed by atoms with Crippen LogP contribution < -0.4 is 5.56 Å². The van der Waals surface area contributed by atoms with Crippen molar-refractivity contribution in [3.05, 3.63) is 76.4 Å². The van der Waals surface area contributed by atoms with Crippen molar-refractivity contribution < 1.29 is 9.15 Å². The van der Waals surface area contributed by atoms with Crippen molar-refractivity contribution in [1.29, 1.82) is 0 Å². The number of benzene rings is 2. The highest BCUT2D eigenvalue weighted by Gasteiger charge is 2.21. The molecule has 0 unspecified atom stereocenters. The summed E-state index contributed by atoms with van der Waals surface area (Å²) >= 11 is 1.51. The second kappa shape index (κ2) is 8.69. The standard InChI is InChI=1S/C24H23N3O3S/c1-16-21(25-22(30-16)17-8-3-2-4-9-17)15-31-24-26-20-12-6-5-11-19(20)23(28)27(24)14-18-10-7-13-29-18/h2-6,8-9,11-12,18H,7,10,13-15H2,1H3/t18-/m0/s1. The molecule has 3 heterocycles. The number of nitrogens with zero attached hydrogens (tertiary/aromatic N) is 3. The van der Waals surface area contributed by atoms with Crippen molar-refractivity contribution in [2.24, 2.45) is 0 Å². The van der Waals surface area contributed by atoms with Crippen LogP contribution in [0.1, 0.15) is 24.3 Å². The van der Waals surface area contributed by atoms with Crippen LogP contribution in [0.3, 0.4) is 0 Å². The van der Waals surface area contributed by atoms with Crippen molar-refractivity contribution >= 4 is 22.7 Å². The SMILES string of the molecule is Cc1oc(-c2ccccc2)nc1CSc1nc2ccccc2c(=O)n1C[C@@H]1CCCO1. The highest BCUT2D eigenvalue weighted by molar-refractivity contribution is 7.98. The molecular formula is C24H23N3O3S. The average Bonchev–Trinajstić information content (AvgIpc) is 3.45. The number of hydrogen-bond acceptors (Lipinski definition) is 6. The fourth-order valence-corrected chi connectivity index (χ4v) is 4.82. The quantitative estimate of drug-likeness (QED) is 0.320. The zero-order valence-electron chi connectivity index (χ0n) is 17.3. The minimum atomic E-state index is -0.0227. The maximum Gasteiger partial charge on any atom is 0.262 e. The Labute approximate surface area is 184 Å². The van der Waals surface area contributed by atoms with E-state index in [1.54, 1.807) is 4.57 Å². The maximum atomic E-state index is 13.2. The van der Waals surface area contributed by atoms with E-state index in [0.717, 1.165) is 36.5 Å². The van der Waals surface area contributed by atoms with Crippen molar-refractivity contribution in [2.45, 2.75) is 43.3 Å². The lowest BCUT2D eigenvalue weighted by atomic mass is 10.2. The summed E-state index contributed by atoms with van der Waals surface area (Å²) in [5.41, 5.74) is 2.49.